The van der Waals surface area contributed by atoms with E-state index in [2.05, 4.69) is 91.2 Å². The first-order valence-corrected chi connectivity index (χ1v) is 9.75. The molecule has 4 rings (SSSR count). The molecule has 0 atom stereocenters. The predicted molar refractivity (Wildman–Crippen MR) is 114 cm³/mol. The number of aryl methyl sites for hydroxylation is 2. The summed E-state index contributed by atoms with van der Waals surface area (Å²) in [5, 5.41) is 2.50. The molecular weight excluding hydrogens is 328 g/mol. The van der Waals surface area contributed by atoms with Crippen LogP contribution in [0, 0.1) is 0 Å². The van der Waals surface area contributed by atoms with Crippen LogP contribution in [0.15, 0.2) is 72.8 Å². The van der Waals surface area contributed by atoms with Crippen LogP contribution in [0.25, 0.3) is 27.9 Å². The number of allylic oxidation sites excluding steroid dienone is 1. The first kappa shape index (κ1) is 17.4. The fourth-order valence-corrected chi connectivity index (χ4v) is 3.75. The number of aromatic nitrogens is 2. The number of hydrogen-bond acceptors (Lipinski definition) is 1. The number of hydrogen-bond donors (Lipinski definition) is 0. The second-order valence-electron chi connectivity index (χ2n) is 6.81. The smallest absolute Gasteiger partial charge is 0.212 e. The minimum atomic E-state index is 0.838. The molecule has 0 saturated heterocycles. The number of pyridine rings is 2. The van der Waals surface area contributed by atoms with Crippen LogP contribution in [-0.2, 0) is 19.4 Å². The summed E-state index contributed by atoms with van der Waals surface area (Å²) in [7, 11) is 0. The molecule has 0 amide bonds. The largest absolute Gasteiger partial charge is 0.253 e. The zero-order valence-electron chi connectivity index (χ0n) is 16.0. The zero-order chi connectivity index (χ0) is 18.6. The van der Waals surface area contributed by atoms with Crippen LogP contribution in [-0.4, -0.2) is 4.98 Å². The SMILES string of the molecule is CCc1cc2ccccc2[n+](CC)c1C=CCc1ccc2ccccc2n1. The molecule has 0 saturated carbocycles. The van der Waals surface area contributed by atoms with Crippen molar-refractivity contribution < 1.29 is 4.57 Å². The molecule has 0 fully saturated rings. The highest BCUT2D eigenvalue weighted by molar-refractivity contribution is 5.79. The molecule has 0 radical (unpaired) electrons. The summed E-state index contributed by atoms with van der Waals surface area (Å²) in [6.45, 7) is 5.41. The summed E-state index contributed by atoms with van der Waals surface area (Å²) in [5.74, 6) is 0. The van der Waals surface area contributed by atoms with E-state index >= 15 is 0 Å². The Labute approximate surface area is 160 Å². The first-order valence-electron chi connectivity index (χ1n) is 9.75. The Morgan fingerprint density at radius 2 is 1.67 bits per heavy atom. The van der Waals surface area contributed by atoms with Crippen molar-refractivity contribution in [2.75, 3.05) is 0 Å². The summed E-state index contributed by atoms with van der Waals surface area (Å²) in [4.78, 5) is 4.78. The molecule has 0 bridgehead atoms. The van der Waals surface area contributed by atoms with Crippen molar-refractivity contribution in [2.45, 2.75) is 33.2 Å². The van der Waals surface area contributed by atoms with E-state index < -0.39 is 0 Å². The molecule has 2 heterocycles. The molecular formula is C25H25N2+. The number of para-hydroxylation sites is 2. The average Bonchev–Trinajstić information content (AvgIpc) is 2.73. The third-order valence-corrected chi connectivity index (χ3v) is 5.13. The molecule has 27 heavy (non-hydrogen) atoms. The topological polar surface area (TPSA) is 16.8 Å². The van der Waals surface area contributed by atoms with Crippen LogP contribution in [0.3, 0.4) is 0 Å². The molecule has 0 N–H and O–H groups in total. The van der Waals surface area contributed by atoms with E-state index in [1.54, 1.807) is 0 Å². The Hall–Kier alpha value is -3.00. The van der Waals surface area contributed by atoms with E-state index in [0.29, 0.717) is 0 Å². The minimum Gasteiger partial charge on any atom is -0.253 e. The maximum absolute atomic E-state index is 4.78. The summed E-state index contributed by atoms with van der Waals surface area (Å²) in [5.41, 5.74) is 6.15. The average molecular weight is 353 g/mol. The highest BCUT2D eigenvalue weighted by atomic mass is 15.0. The molecule has 0 spiro atoms. The van der Waals surface area contributed by atoms with Gasteiger partial charge in [-0.25, -0.2) is 0 Å². The van der Waals surface area contributed by atoms with E-state index in [0.717, 1.165) is 30.6 Å². The van der Waals surface area contributed by atoms with Crippen molar-refractivity contribution in [1.82, 2.24) is 4.98 Å². The second kappa shape index (κ2) is 7.71. The molecule has 2 aromatic heterocycles. The van der Waals surface area contributed by atoms with Crippen LogP contribution in [0.4, 0.5) is 0 Å². The molecule has 0 aliphatic heterocycles. The lowest BCUT2D eigenvalue weighted by Crippen LogP contribution is -2.37. The number of nitrogens with zero attached hydrogens (tertiary/aromatic N) is 2. The number of fused-ring (bicyclic) bond motifs is 2. The van der Waals surface area contributed by atoms with Gasteiger partial charge in [-0.05, 0) is 37.6 Å². The molecule has 0 aliphatic rings. The number of benzene rings is 2. The van der Waals surface area contributed by atoms with Gasteiger partial charge in [-0.1, -0.05) is 49.4 Å². The minimum absolute atomic E-state index is 0.838. The predicted octanol–water partition coefficient (Wildman–Crippen LogP) is 5.51. The maximum Gasteiger partial charge on any atom is 0.212 e. The summed E-state index contributed by atoms with van der Waals surface area (Å²) in [6, 6.07) is 23.5. The van der Waals surface area contributed by atoms with Crippen molar-refractivity contribution in [3.63, 3.8) is 0 Å². The van der Waals surface area contributed by atoms with Gasteiger partial charge in [0.25, 0.3) is 0 Å². The van der Waals surface area contributed by atoms with Crippen LogP contribution in [0.2, 0.25) is 0 Å². The Kier molecular flexibility index (Phi) is 4.97. The van der Waals surface area contributed by atoms with E-state index in [9.17, 15) is 0 Å². The third-order valence-electron chi connectivity index (χ3n) is 5.13. The molecule has 2 nitrogen and oxygen atoms in total. The van der Waals surface area contributed by atoms with Crippen molar-refractivity contribution in [2.24, 2.45) is 0 Å². The monoisotopic (exact) mass is 353 g/mol. The number of rotatable bonds is 5. The van der Waals surface area contributed by atoms with Crippen molar-refractivity contribution in [3.05, 3.63) is 89.8 Å². The molecule has 134 valence electrons. The summed E-state index contributed by atoms with van der Waals surface area (Å²) in [6.07, 6.45) is 6.38. The third kappa shape index (κ3) is 3.48. The van der Waals surface area contributed by atoms with Gasteiger partial charge in [0.1, 0.15) is 6.54 Å². The highest BCUT2D eigenvalue weighted by Gasteiger charge is 2.16. The molecule has 0 aliphatic carbocycles. The molecule has 0 unspecified atom stereocenters. The van der Waals surface area contributed by atoms with Crippen molar-refractivity contribution >= 4 is 27.9 Å². The lowest BCUT2D eigenvalue weighted by molar-refractivity contribution is -0.669. The maximum atomic E-state index is 4.78. The standard InChI is InChI=1S/C25H25N2/c1-3-19-18-21-11-6-8-14-25(21)27(4-2)24(19)15-9-12-22-17-16-20-10-5-7-13-23(20)26-22/h5-11,13-18H,3-4,12H2,1-2H3/q+1. The van der Waals surface area contributed by atoms with Gasteiger partial charge < -0.3 is 0 Å². The molecule has 2 heteroatoms. The Morgan fingerprint density at radius 3 is 2.48 bits per heavy atom. The quantitative estimate of drug-likeness (QED) is 0.432. The van der Waals surface area contributed by atoms with Gasteiger partial charge in [-0.2, -0.15) is 4.57 Å². The Morgan fingerprint density at radius 1 is 0.889 bits per heavy atom. The summed E-state index contributed by atoms with van der Waals surface area (Å²) >= 11 is 0. The zero-order valence-corrected chi connectivity index (χ0v) is 16.0. The van der Waals surface area contributed by atoms with Crippen LogP contribution < -0.4 is 4.57 Å². The van der Waals surface area contributed by atoms with Crippen LogP contribution in [0.1, 0.15) is 30.8 Å². The van der Waals surface area contributed by atoms with Crippen LogP contribution in [0.5, 0.6) is 0 Å². The van der Waals surface area contributed by atoms with Crippen molar-refractivity contribution in [1.29, 1.82) is 0 Å². The van der Waals surface area contributed by atoms with Gasteiger partial charge in [0.15, 0.2) is 0 Å². The van der Waals surface area contributed by atoms with E-state index in [1.807, 2.05) is 6.07 Å². The molecule has 4 aromatic rings. The van der Waals surface area contributed by atoms with Crippen molar-refractivity contribution in [3.8, 4) is 0 Å². The van der Waals surface area contributed by atoms with Gasteiger partial charge in [-0.3, -0.25) is 4.98 Å². The first-order chi connectivity index (χ1) is 13.3. The van der Waals surface area contributed by atoms with Gasteiger partial charge >= 0.3 is 0 Å². The van der Waals surface area contributed by atoms with E-state index in [1.165, 1.54) is 27.5 Å². The Balaban J connectivity index is 1.69. The summed E-state index contributed by atoms with van der Waals surface area (Å²) < 4.78 is 2.42. The van der Waals surface area contributed by atoms with Gasteiger partial charge in [0.05, 0.1) is 5.52 Å². The lowest BCUT2D eigenvalue weighted by Gasteiger charge is -2.08. The lowest BCUT2D eigenvalue weighted by atomic mass is 10.0. The highest BCUT2D eigenvalue weighted by Crippen LogP contribution is 2.18. The second-order valence-corrected chi connectivity index (χ2v) is 6.81. The fourth-order valence-electron chi connectivity index (χ4n) is 3.75. The van der Waals surface area contributed by atoms with E-state index in [-0.39, 0.29) is 0 Å². The Bertz CT molecular complexity index is 1130. The van der Waals surface area contributed by atoms with E-state index in [4.69, 9.17) is 4.98 Å². The van der Waals surface area contributed by atoms with Gasteiger partial charge in [0.2, 0.25) is 11.2 Å². The van der Waals surface area contributed by atoms with Crippen LogP contribution >= 0.6 is 0 Å². The van der Waals surface area contributed by atoms with Gasteiger partial charge in [0, 0.05) is 40.6 Å². The molecule has 2 aromatic carbocycles. The van der Waals surface area contributed by atoms with Gasteiger partial charge in [-0.15, -0.1) is 0 Å². The fraction of sp³-hybridized carbons (Fsp3) is 0.200. The normalized spacial score (nSPS) is 11.6.